The van der Waals surface area contributed by atoms with Crippen molar-refractivity contribution in [1.82, 2.24) is 9.88 Å². The van der Waals surface area contributed by atoms with Crippen LogP contribution in [0.3, 0.4) is 0 Å². The molecule has 0 atom stereocenters. The van der Waals surface area contributed by atoms with Crippen LogP contribution >= 0.6 is 0 Å². The number of rotatable bonds is 6. The van der Waals surface area contributed by atoms with Crippen molar-refractivity contribution >= 4 is 11.5 Å². The third-order valence-corrected chi connectivity index (χ3v) is 3.44. The van der Waals surface area contributed by atoms with Gasteiger partial charge in [0.15, 0.2) is 5.82 Å². The fourth-order valence-electron chi connectivity index (χ4n) is 2.38. The number of hydrogen-bond acceptors (Lipinski definition) is 5. The van der Waals surface area contributed by atoms with Gasteiger partial charge in [0.25, 0.3) is 0 Å². The van der Waals surface area contributed by atoms with Crippen LogP contribution in [0.1, 0.15) is 6.92 Å². The van der Waals surface area contributed by atoms with Crippen LogP contribution in [0.4, 0.5) is 11.5 Å². The Morgan fingerprint density at radius 1 is 1.32 bits per heavy atom. The third kappa shape index (κ3) is 3.81. The van der Waals surface area contributed by atoms with Crippen LogP contribution in [0, 0.1) is 0 Å². The van der Waals surface area contributed by atoms with Gasteiger partial charge in [-0.1, -0.05) is 0 Å². The molecule has 0 unspecified atom stereocenters. The Hall–Kier alpha value is -1.33. The van der Waals surface area contributed by atoms with Gasteiger partial charge in [0, 0.05) is 52.6 Å². The number of piperazine rings is 1. The maximum Gasteiger partial charge on any atom is 0.152 e. The lowest BCUT2D eigenvalue weighted by Gasteiger charge is -2.36. The average Bonchev–Trinajstić information content (AvgIpc) is 2.47. The summed E-state index contributed by atoms with van der Waals surface area (Å²) in [5.41, 5.74) is 1.13. The largest absolute Gasteiger partial charge is 0.383 e. The summed E-state index contributed by atoms with van der Waals surface area (Å²) < 4.78 is 5.13. The molecule has 5 heteroatoms. The monoisotopic (exact) mass is 264 g/mol. The molecule has 0 aliphatic carbocycles. The van der Waals surface area contributed by atoms with Crippen LogP contribution in [-0.4, -0.2) is 62.9 Å². The Bertz CT molecular complexity index is 377. The molecule has 5 nitrogen and oxygen atoms in total. The first kappa shape index (κ1) is 14.1. The fourth-order valence-corrected chi connectivity index (χ4v) is 2.38. The molecule has 106 valence electrons. The van der Waals surface area contributed by atoms with Crippen molar-refractivity contribution in [1.29, 1.82) is 0 Å². The molecular weight excluding hydrogens is 240 g/mol. The van der Waals surface area contributed by atoms with Crippen molar-refractivity contribution in [2.45, 2.75) is 6.92 Å². The lowest BCUT2D eigenvalue weighted by molar-refractivity contribution is 0.144. The summed E-state index contributed by atoms with van der Waals surface area (Å²) in [4.78, 5) is 9.33. The maximum atomic E-state index is 5.13. The predicted octanol–water partition coefficient (Wildman–Crippen LogP) is 1.28. The first-order chi connectivity index (χ1) is 9.35. The molecular formula is C14H24N4O. The Kier molecular flexibility index (Phi) is 5.42. The number of ether oxygens (including phenoxy) is 1. The molecule has 0 bridgehead atoms. The van der Waals surface area contributed by atoms with Crippen LogP contribution in [0.5, 0.6) is 0 Å². The van der Waals surface area contributed by atoms with Gasteiger partial charge in [0.05, 0.1) is 12.3 Å². The third-order valence-electron chi connectivity index (χ3n) is 3.44. The van der Waals surface area contributed by atoms with Gasteiger partial charge in [0.1, 0.15) is 0 Å². The molecule has 2 rings (SSSR count). The standard InChI is InChI=1S/C14H24N4O/c1-3-15-13-5-4-6-16-14(13)18-9-7-17(8-10-18)11-12-19-2/h4-6,15H,3,7-12H2,1-2H3. The molecule has 0 saturated carbocycles. The van der Waals surface area contributed by atoms with E-state index in [2.05, 4.69) is 33.1 Å². The van der Waals surface area contributed by atoms with Crippen molar-refractivity contribution in [3.8, 4) is 0 Å². The van der Waals surface area contributed by atoms with E-state index < -0.39 is 0 Å². The molecule has 1 fully saturated rings. The van der Waals surface area contributed by atoms with E-state index >= 15 is 0 Å². The molecule has 1 aromatic heterocycles. The summed E-state index contributed by atoms with van der Waals surface area (Å²) in [6.45, 7) is 9.07. The summed E-state index contributed by atoms with van der Waals surface area (Å²) in [5, 5.41) is 3.38. The van der Waals surface area contributed by atoms with E-state index in [0.717, 1.165) is 57.4 Å². The maximum absolute atomic E-state index is 5.13. The minimum atomic E-state index is 0.812. The van der Waals surface area contributed by atoms with E-state index in [1.807, 2.05) is 12.3 Å². The number of anilines is 2. The molecule has 2 heterocycles. The van der Waals surface area contributed by atoms with Gasteiger partial charge in [0.2, 0.25) is 0 Å². The van der Waals surface area contributed by atoms with Crippen molar-refractivity contribution in [3.05, 3.63) is 18.3 Å². The lowest BCUT2D eigenvalue weighted by Crippen LogP contribution is -2.47. The second-order valence-corrected chi connectivity index (χ2v) is 4.73. The van der Waals surface area contributed by atoms with Crippen LogP contribution in [0.25, 0.3) is 0 Å². The van der Waals surface area contributed by atoms with Crippen molar-refractivity contribution in [3.63, 3.8) is 0 Å². The molecule has 0 spiro atoms. The van der Waals surface area contributed by atoms with E-state index in [4.69, 9.17) is 4.74 Å². The molecule has 1 N–H and O–H groups in total. The van der Waals surface area contributed by atoms with Gasteiger partial charge in [-0.05, 0) is 19.1 Å². The number of pyridine rings is 1. The normalized spacial score (nSPS) is 16.6. The van der Waals surface area contributed by atoms with Crippen LogP contribution in [0.15, 0.2) is 18.3 Å². The quantitative estimate of drug-likeness (QED) is 0.838. The Morgan fingerprint density at radius 2 is 2.11 bits per heavy atom. The fraction of sp³-hybridized carbons (Fsp3) is 0.643. The zero-order valence-corrected chi connectivity index (χ0v) is 11.9. The van der Waals surface area contributed by atoms with E-state index in [0.29, 0.717) is 0 Å². The molecule has 0 radical (unpaired) electrons. The summed E-state index contributed by atoms with van der Waals surface area (Å²) in [6, 6.07) is 4.08. The highest BCUT2D eigenvalue weighted by molar-refractivity contribution is 5.65. The smallest absolute Gasteiger partial charge is 0.152 e. The van der Waals surface area contributed by atoms with Gasteiger partial charge in [-0.15, -0.1) is 0 Å². The van der Waals surface area contributed by atoms with Gasteiger partial charge in [-0.2, -0.15) is 0 Å². The second-order valence-electron chi connectivity index (χ2n) is 4.73. The molecule has 0 amide bonds. The Balaban J connectivity index is 1.93. The molecule has 19 heavy (non-hydrogen) atoms. The Morgan fingerprint density at radius 3 is 2.79 bits per heavy atom. The van der Waals surface area contributed by atoms with Crippen LogP contribution in [-0.2, 0) is 4.74 Å². The second kappa shape index (κ2) is 7.31. The molecule has 0 aromatic carbocycles. The number of aromatic nitrogens is 1. The number of hydrogen-bond donors (Lipinski definition) is 1. The number of nitrogens with one attached hydrogen (secondary N) is 1. The highest BCUT2D eigenvalue weighted by atomic mass is 16.5. The van der Waals surface area contributed by atoms with Crippen LogP contribution < -0.4 is 10.2 Å². The molecule has 1 saturated heterocycles. The first-order valence-corrected chi connectivity index (χ1v) is 7.00. The summed E-state index contributed by atoms with van der Waals surface area (Å²) in [6.07, 6.45) is 1.87. The lowest BCUT2D eigenvalue weighted by atomic mass is 10.2. The first-order valence-electron chi connectivity index (χ1n) is 7.00. The van der Waals surface area contributed by atoms with Crippen LogP contribution in [0.2, 0.25) is 0 Å². The van der Waals surface area contributed by atoms with Gasteiger partial charge >= 0.3 is 0 Å². The van der Waals surface area contributed by atoms with Gasteiger partial charge < -0.3 is 15.0 Å². The average molecular weight is 264 g/mol. The van der Waals surface area contributed by atoms with Crippen molar-refractivity contribution in [2.75, 3.05) is 63.2 Å². The SMILES string of the molecule is CCNc1cccnc1N1CCN(CCOC)CC1. The van der Waals surface area contributed by atoms with Gasteiger partial charge in [-0.3, -0.25) is 4.90 Å². The highest BCUT2D eigenvalue weighted by Gasteiger charge is 2.19. The molecule has 1 aromatic rings. The summed E-state index contributed by atoms with van der Waals surface area (Å²) >= 11 is 0. The minimum Gasteiger partial charge on any atom is -0.383 e. The molecule has 1 aliphatic rings. The van der Waals surface area contributed by atoms with E-state index in [1.165, 1.54) is 0 Å². The zero-order chi connectivity index (χ0) is 13.5. The van der Waals surface area contributed by atoms with Crippen molar-refractivity contribution in [2.24, 2.45) is 0 Å². The predicted molar refractivity (Wildman–Crippen MR) is 78.9 cm³/mol. The Labute approximate surface area is 115 Å². The van der Waals surface area contributed by atoms with E-state index in [1.54, 1.807) is 7.11 Å². The van der Waals surface area contributed by atoms with E-state index in [9.17, 15) is 0 Å². The highest BCUT2D eigenvalue weighted by Crippen LogP contribution is 2.23. The summed E-state index contributed by atoms with van der Waals surface area (Å²) in [7, 11) is 1.76. The topological polar surface area (TPSA) is 40.6 Å². The van der Waals surface area contributed by atoms with Gasteiger partial charge in [-0.25, -0.2) is 4.98 Å². The molecule has 1 aliphatic heterocycles. The summed E-state index contributed by atoms with van der Waals surface area (Å²) in [5.74, 6) is 1.08. The zero-order valence-electron chi connectivity index (χ0n) is 11.9. The number of methoxy groups -OCH3 is 1. The van der Waals surface area contributed by atoms with E-state index in [-0.39, 0.29) is 0 Å². The van der Waals surface area contributed by atoms with Crippen molar-refractivity contribution < 1.29 is 4.74 Å². The number of nitrogens with zero attached hydrogens (tertiary/aromatic N) is 3. The minimum absolute atomic E-state index is 0.812.